The van der Waals surface area contributed by atoms with Crippen LogP contribution in [0.5, 0.6) is 0 Å². The maximum atomic E-state index is 12.2. The molecule has 1 aliphatic rings. The number of anilines is 1. The maximum Gasteiger partial charge on any atom is 0.234 e. The van der Waals surface area contributed by atoms with Gasteiger partial charge in [0, 0.05) is 11.3 Å². The average molecular weight is 324 g/mol. The summed E-state index contributed by atoms with van der Waals surface area (Å²) in [6.07, 6.45) is 0. The van der Waals surface area contributed by atoms with Gasteiger partial charge in [0.1, 0.15) is 5.01 Å². The van der Waals surface area contributed by atoms with Crippen LogP contribution >= 0.6 is 11.3 Å². The largest absolute Gasteiger partial charge is 0.379 e. The third-order valence-electron chi connectivity index (χ3n) is 4.07. The van der Waals surface area contributed by atoms with E-state index in [-0.39, 0.29) is 5.91 Å². The topological polar surface area (TPSA) is 51.2 Å². The second-order valence-corrected chi connectivity index (χ2v) is 7.10. The predicted octanol–water partition coefficient (Wildman–Crippen LogP) is 3.94. The molecule has 0 radical (unpaired) electrons. The molecule has 1 fully saturated rings. The Morgan fingerprint density at radius 3 is 2.57 bits per heavy atom. The van der Waals surface area contributed by atoms with Crippen LogP contribution in [0.2, 0.25) is 0 Å². The van der Waals surface area contributed by atoms with Crippen LogP contribution in [0.3, 0.4) is 0 Å². The Morgan fingerprint density at radius 1 is 1.17 bits per heavy atom. The molecule has 1 saturated heterocycles. The Kier molecular flexibility index (Phi) is 3.39. The molecule has 2 aromatic carbocycles. The number of carbonyl (C=O) groups is 1. The molecule has 1 aromatic heterocycles. The van der Waals surface area contributed by atoms with Gasteiger partial charge in [0.05, 0.1) is 28.8 Å². The molecule has 0 atom stereocenters. The van der Waals surface area contributed by atoms with Crippen LogP contribution < -0.4 is 5.32 Å². The van der Waals surface area contributed by atoms with Crippen molar-refractivity contribution < 1.29 is 9.53 Å². The van der Waals surface area contributed by atoms with Crippen molar-refractivity contribution in [3.05, 3.63) is 48.5 Å². The van der Waals surface area contributed by atoms with Crippen molar-refractivity contribution in [1.82, 2.24) is 4.98 Å². The minimum Gasteiger partial charge on any atom is -0.379 e. The molecular formula is C18H16N2O2S. The highest BCUT2D eigenvalue weighted by Crippen LogP contribution is 2.31. The number of hydrogen-bond acceptors (Lipinski definition) is 4. The Hall–Kier alpha value is -2.24. The summed E-state index contributed by atoms with van der Waals surface area (Å²) in [5, 5.41) is 3.94. The summed E-state index contributed by atoms with van der Waals surface area (Å²) in [6, 6.07) is 15.9. The van der Waals surface area contributed by atoms with E-state index in [4.69, 9.17) is 4.74 Å². The highest BCUT2D eigenvalue weighted by Gasteiger charge is 2.41. The van der Waals surface area contributed by atoms with Crippen LogP contribution in [0, 0.1) is 5.41 Å². The average Bonchev–Trinajstić information content (AvgIpc) is 2.97. The van der Waals surface area contributed by atoms with Gasteiger partial charge in [-0.25, -0.2) is 4.98 Å². The first kappa shape index (κ1) is 14.4. The van der Waals surface area contributed by atoms with Crippen molar-refractivity contribution in [1.29, 1.82) is 0 Å². The minimum atomic E-state index is -0.397. The van der Waals surface area contributed by atoms with Gasteiger partial charge in [-0.3, -0.25) is 4.79 Å². The molecule has 23 heavy (non-hydrogen) atoms. The highest BCUT2D eigenvalue weighted by molar-refractivity contribution is 7.21. The maximum absolute atomic E-state index is 12.2. The Morgan fingerprint density at radius 2 is 1.91 bits per heavy atom. The normalized spacial score (nSPS) is 16.0. The summed E-state index contributed by atoms with van der Waals surface area (Å²) in [5.74, 6) is 0.0106. The molecular weight excluding hydrogens is 308 g/mol. The molecule has 0 unspecified atom stereocenters. The van der Waals surface area contributed by atoms with Crippen molar-refractivity contribution >= 4 is 33.1 Å². The zero-order valence-electron chi connectivity index (χ0n) is 12.7. The Balaban J connectivity index is 1.54. The summed E-state index contributed by atoms with van der Waals surface area (Å²) >= 11 is 1.67. The molecule has 0 aliphatic carbocycles. The smallest absolute Gasteiger partial charge is 0.234 e. The number of benzene rings is 2. The van der Waals surface area contributed by atoms with Crippen LogP contribution in [0.15, 0.2) is 48.5 Å². The van der Waals surface area contributed by atoms with Gasteiger partial charge in [-0.05, 0) is 43.3 Å². The van der Waals surface area contributed by atoms with E-state index >= 15 is 0 Å². The fourth-order valence-corrected chi connectivity index (χ4v) is 3.48. The van der Waals surface area contributed by atoms with Crippen LogP contribution in [0.25, 0.3) is 20.8 Å². The first-order chi connectivity index (χ1) is 11.1. The SMILES string of the molecule is CC1(C(=O)Nc2ccc(-c3nc4ccccc4s3)cc2)COC1. The molecule has 0 spiro atoms. The molecule has 116 valence electrons. The standard InChI is InChI=1S/C18H16N2O2S/c1-18(10-22-11-18)17(21)19-13-8-6-12(7-9-13)16-20-14-4-2-3-5-15(14)23-16/h2-9H,10-11H2,1H3,(H,19,21). The number of rotatable bonds is 3. The van der Waals surface area contributed by atoms with Gasteiger partial charge in [-0.1, -0.05) is 12.1 Å². The van der Waals surface area contributed by atoms with Gasteiger partial charge < -0.3 is 10.1 Å². The highest BCUT2D eigenvalue weighted by atomic mass is 32.1. The molecule has 1 N–H and O–H groups in total. The van der Waals surface area contributed by atoms with Crippen LogP contribution in [-0.2, 0) is 9.53 Å². The van der Waals surface area contributed by atoms with Crippen molar-refractivity contribution in [3.63, 3.8) is 0 Å². The second kappa shape index (κ2) is 5.44. The zero-order valence-corrected chi connectivity index (χ0v) is 13.5. The van der Waals surface area contributed by atoms with E-state index in [2.05, 4.69) is 16.4 Å². The van der Waals surface area contributed by atoms with E-state index in [0.29, 0.717) is 13.2 Å². The first-order valence-electron chi connectivity index (χ1n) is 7.49. The molecule has 4 nitrogen and oxygen atoms in total. The van der Waals surface area contributed by atoms with Crippen molar-refractivity contribution in [2.75, 3.05) is 18.5 Å². The minimum absolute atomic E-state index is 0.0106. The van der Waals surface area contributed by atoms with E-state index in [1.807, 2.05) is 49.4 Å². The van der Waals surface area contributed by atoms with Crippen molar-refractivity contribution in [2.24, 2.45) is 5.41 Å². The van der Waals surface area contributed by atoms with Crippen LogP contribution in [-0.4, -0.2) is 24.1 Å². The summed E-state index contributed by atoms with van der Waals surface area (Å²) in [4.78, 5) is 16.8. The Bertz CT molecular complexity index is 833. The molecule has 3 aromatic rings. The lowest BCUT2D eigenvalue weighted by molar-refractivity contribution is -0.151. The van der Waals surface area contributed by atoms with Crippen molar-refractivity contribution in [2.45, 2.75) is 6.92 Å². The number of nitrogens with zero attached hydrogens (tertiary/aromatic N) is 1. The lowest BCUT2D eigenvalue weighted by atomic mass is 9.87. The predicted molar refractivity (Wildman–Crippen MR) is 92.6 cm³/mol. The van der Waals surface area contributed by atoms with Gasteiger partial charge >= 0.3 is 0 Å². The summed E-state index contributed by atoms with van der Waals surface area (Å²) in [7, 11) is 0. The van der Waals surface area contributed by atoms with E-state index in [1.54, 1.807) is 11.3 Å². The number of hydrogen-bond donors (Lipinski definition) is 1. The third kappa shape index (κ3) is 2.62. The number of fused-ring (bicyclic) bond motifs is 1. The van der Waals surface area contributed by atoms with E-state index in [0.717, 1.165) is 21.8 Å². The van der Waals surface area contributed by atoms with Gasteiger partial charge in [-0.15, -0.1) is 11.3 Å². The number of para-hydroxylation sites is 1. The molecule has 4 rings (SSSR count). The zero-order chi connectivity index (χ0) is 15.9. The van der Waals surface area contributed by atoms with Crippen LogP contribution in [0.4, 0.5) is 5.69 Å². The van der Waals surface area contributed by atoms with E-state index in [9.17, 15) is 4.79 Å². The molecule has 1 amide bonds. The number of ether oxygens (including phenoxy) is 1. The number of thiazole rings is 1. The number of aromatic nitrogens is 1. The molecule has 2 heterocycles. The fourth-order valence-electron chi connectivity index (χ4n) is 2.51. The van der Waals surface area contributed by atoms with Crippen LogP contribution in [0.1, 0.15) is 6.92 Å². The molecule has 1 aliphatic heterocycles. The second-order valence-electron chi connectivity index (χ2n) is 6.07. The third-order valence-corrected chi connectivity index (χ3v) is 5.16. The van der Waals surface area contributed by atoms with Crippen molar-refractivity contribution in [3.8, 4) is 10.6 Å². The van der Waals surface area contributed by atoms with E-state index < -0.39 is 5.41 Å². The van der Waals surface area contributed by atoms with Gasteiger partial charge in [0.15, 0.2) is 0 Å². The molecule has 5 heteroatoms. The van der Waals surface area contributed by atoms with Gasteiger partial charge in [0.2, 0.25) is 5.91 Å². The summed E-state index contributed by atoms with van der Waals surface area (Å²) < 4.78 is 6.31. The lowest BCUT2D eigenvalue weighted by Crippen LogP contribution is -2.49. The lowest BCUT2D eigenvalue weighted by Gasteiger charge is -2.36. The number of amides is 1. The van der Waals surface area contributed by atoms with E-state index in [1.165, 1.54) is 4.70 Å². The number of nitrogens with one attached hydrogen (secondary N) is 1. The fraction of sp³-hybridized carbons (Fsp3) is 0.222. The number of carbonyl (C=O) groups excluding carboxylic acids is 1. The Labute approximate surface area is 138 Å². The first-order valence-corrected chi connectivity index (χ1v) is 8.31. The van der Waals surface area contributed by atoms with Gasteiger partial charge in [-0.2, -0.15) is 0 Å². The monoisotopic (exact) mass is 324 g/mol. The summed E-state index contributed by atoms with van der Waals surface area (Å²) in [6.45, 7) is 2.90. The molecule has 0 saturated carbocycles. The van der Waals surface area contributed by atoms with Gasteiger partial charge in [0.25, 0.3) is 0 Å². The molecule has 0 bridgehead atoms. The quantitative estimate of drug-likeness (QED) is 0.794. The summed E-state index contributed by atoms with van der Waals surface area (Å²) in [5.41, 5.74) is 2.48.